The maximum atomic E-state index is 13.3. The Morgan fingerprint density at radius 3 is 2.67 bits per heavy atom. The summed E-state index contributed by atoms with van der Waals surface area (Å²) < 4.78 is 1.82. The Bertz CT molecular complexity index is 1410. The van der Waals surface area contributed by atoms with Gasteiger partial charge in [0.05, 0.1) is 5.69 Å². The van der Waals surface area contributed by atoms with E-state index in [1.807, 2.05) is 43.8 Å². The molecule has 5 heterocycles. The number of imidazole rings is 1. The van der Waals surface area contributed by atoms with Crippen LogP contribution in [-0.4, -0.2) is 56.2 Å². The molecule has 168 valence electrons. The zero-order valence-electron chi connectivity index (χ0n) is 18.9. The van der Waals surface area contributed by atoms with Crippen LogP contribution in [0.25, 0.3) is 22.3 Å². The number of H-pyrrole nitrogens is 1. The van der Waals surface area contributed by atoms with E-state index in [1.54, 1.807) is 12.1 Å². The summed E-state index contributed by atoms with van der Waals surface area (Å²) in [6.07, 6.45) is 0. The summed E-state index contributed by atoms with van der Waals surface area (Å²) in [7, 11) is 1.90. The summed E-state index contributed by atoms with van der Waals surface area (Å²) in [5, 5.41) is 7.95. The number of carbonyl (C=O) groups is 1. The van der Waals surface area contributed by atoms with Crippen molar-refractivity contribution in [3.05, 3.63) is 53.1 Å². The number of nitrogens with zero attached hydrogens (tertiary/aromatic N) is 5. The minimum Gasteiger partial charge on any atom is -0.398 e. The Morgan fingerprint density at radius 1 is 1.15 bits per heavy atom. The normalized spacial score (nSPS) is 19.7. The third kappa shape index (κ3) is 3.11. The van der Waals surface area contributed by atoms with Crippen molar-refractivity contribution in [2.45, 2.75) is 19.9 Å². The maximum Gasteiger partial charge on any atom is 0.228 e. The van der Waals surface area contributed by atoms with Crippen molar-refractivity contribution in [1.82, 2.24) is 30.0 Å². The van der Waals surface area contributed by atoms with E-state index in [4.69, 9.17) is 10.7 Å². The Balaban J connectivity index is 1.33. The number of hydrogen-bond acceptors (Lipinski definition) is 7. The van der Waals surface area contributed by atoms with Crippen LogP contribution in [0.4, 0.5) is 11.5 Å². The monoisotopic (exact) mass is 442 g/mol. The summed E-state index contributed by atoms with van der Waals surface area (Å²) in [4.78, 5) is 28.0. The number of ketones is 1. The number of anilines is 2. The first kappa shape index (κ1) is 19.9. The number of nitrogens with two attached hydrogens (primary N) is 1. The van der Waals surface area contributed by atoms with E-state index < -0.39 is 0 Å². The molecule has 2 aliphatic heterocycles. The molecular formula is C24H26N8O. The lowest BCUT2D eigenvalue weighted by Crippen LogP contribution is -2.51. The van der Waals surface area contributed by atoms with Gasteiger partial charge in [0.25, 0.3) is 0 Å². The molecule has 4 aromatic rings. The lowest BCUT2D eigenvalue weighted by Gasteiger charge is -2.29. The van der Waals surface area contributed by atoms with Gasteiger partial charge >= 0.3 is 0 Å². The fraction of sp³-hybridized carbons (Fsp3) is 0.333. The fourth-order valence-corrected chi connectivity index (χ4v) is 5.02. The van der Waals surface area contributed by atoms with Crippen molar-refractivity contribution in [3.8, 4) is 11.1 Å². The summed E-state index contributed by atoms with van der Waals surface area (Å²) in [5.74, 6) is 1.69. The SMILES string of the molecule is Cc1nn(C)c(C)c1-c1cc(C(=O)c2nc3ccc(N4CC5CNC5C4)nc3[nH]2)ccc1N. The van der Waals surface area contributed by atoms with Crippen LogP contribution in [0.2, 0.25) is 0 Å². The molecule has 1 aromatic carbocycles. The van der Waals surface area contributed by atoms with Crippen molar-refractivity contribution in [1.29, 1.82) is 0 Å². The number of rotatable bonds is 4. The first-order chi connectivity index (χ1) is 15.9. The number of fused-ring (bicyclic) bond motifs is 2. The van der Waals surface area contributed by atoms with E-state index in [2.05, 4.69) is 25.3 Å². The second kappa shape index (κ2) is 7.14. The Kier molecular flexibility index (Phi) is 4.31. The van der Waals surface area contributed by atoms with Gasteiger partial charge in [0.15, 0.2) is 11.5 Å². The largest absolute Gasteiger partial charge is 0.398 e. The second-order valence-corrected chi connectivity index (χ2v) is 9.10. The predicted molar refractivity (Wildman–Crippen MR) is 127 cm³/mol. The first-order valence-corrected chi connectivity index (χ1v) is 11.2. The Labute approximate surface area is 191 Å². The molecule has 6 rings (SSSR count). The number of aromatic amines is 1. The molecule has 0 radical (unpaired) electrons. The van der Waals surface area contributed by atoms with Gasteiger partial charge in [-0.05, 0) is 44.2 Å². The number of nitrogen functional groups attached to an aromatic ring is 1. The predicted octanol–water partition coefficient (Wildman–Crippen LogP) is 2.20. The quantitative estimate of drug-likeness (QED) is 0.328. The number of aromatic nitrogens is 5. The van der Waals surface area contributed by atoms with E-state index in [0.29, 0.717) is 34.4 Å². The molecule has 2 aliphatic rings. The molecule has 33 heavy (non-hydrogen) atoms. The van der Waals surface area contributed by atoms with Gasteiger partial charge in [-0.3, -0.25) is 9.48 Å². The highest BCUT2D eigenvalue weighted by Gasteiger charge is 2.39. The van der Waals surface area contributed by atoms with Crippen LogP contribution in [0, 0.1) is 19.8 Å². The molecule has 4 N–H and O–H groups in total. The number of pyridine rings is 1. The molecule has 2 unspecified atom stereocenters. The molecule has 0 amide bonds. The molecule has 0 aliphatic carbocycles. The zero-order chi connectivity index (χ0) is 22.9. The van der Waals surface area contributed by atoms with Crippen LogP contribution in [0.3, 0.4) is 0 Å². The van der Waals surface area contributed by atoms with Crippen LogP contribution in [0.5, 0.6) is 0 Å². The number of aryl methyl sites for hydroxylation is 2. The van der Waals surface area contributed by atoms with Gasteiger partial charge in [0, 0.05) is 66.7 Å². The molecule has 3 aromatic heterocycles. The molecular weight excluding hydrogens is 416 g/mol. The molecule has 0 bridgehead atoms. The number of hydrogen-bond donors (Lipinski definition) is 3. The smallest absolute Gasteiger partial charge is 0.228 e. The fourth-order valence-electron chi connectivity index (χ4n) is 5.02. The summed E-state index contributed by atoms with van der Waals surface area (Å²) in [6, 6.07) is 9.80. The summed E-state index contributed by atoms with van der Waals surface area (Å²) >= 11 is 0. The second-order valence-electron chi connectivity index (χ2n) is 9.10. The van der Waals surface area contributed by atoms with Crippen molar-refractivity contribution in [3.63, 3.8) is 0 Å². The number of benzene rings is 1. The lowest BCUT2D eigenvalue weighted by molar-refractivity contribution is 0.103. The maximum absolute atomic E-state index is 13.3. The van der Waals surface area contributed by atoms with Gasteiger partial charge in [0.1, 0.15) is 11.3 Å². The molecule has 0 spiro atoms. The van der Waals surface area contributed by atoms with Crippen LogP contribution in [-0.2, 0) is 7.05 Å². The zero-order valence-corrected chi connectivity index (χ0v) is 18.9. The lowest BCUT2D eigenvalue weighted by atomic mass is 9.96. The van der Waals surface area contributed by atoms with Crippen molar-refractivity contribution in [2.24, 2.45) is 13.0 Å². The van der Waals surface area contributed by atoms with Gasteiger partial charge in [-0.1, -0.05) is 0 Å². The number of carbonyl (C=O) groups excluding carboxylic acids is 1. The highest BCUT2D eigenvalue weighted by atomic mass is 16.1. The first-order valence-electron chi connectivity index (χ1n) is 11.2. The van der Waals surface area contributed by atoms with Crippen LogP contribution < -0.4 is 16.0 Å². The number of nitrogens with one attached hydrogen (secondary N) is 2. The standard InChI is InChI=1S/C24H26N8O/c1-12-21(13(2)31(3)30-12)16-8-14(4-5-17(16)25)22(33)24-27-18-6-7-20(28-23(18)29-24)32-10-15-9-26-19(15)11-32/h4-8,15,19,26H,9-11,25H2,1-3H3,(H,27,28,29). The topological polar surface area (TPSA) is 118 Å². The van der Waals surface area contributed by atoms with Crippen LogP contribution in [0.15, 0.2) is 30.3 Å². The van der Waals surface area contributed by atoms with E-state index >= 15 is 0 Å². The van der Waals surface area contributed by atoms with Crippen LogP contribution in [0.1, 0.15) is 27.6 Å². The molecule has 9 heteroatoms. The van der Waals surface area contributed by atoms with E-state index in [0.717, 1.165) is 48.0 Å². The molecule has 2 fully saturated rings. The van der Waals surface area contributed by atoms with Crippen molar-refractivity contribution >= 4 is 28.5 Å². The third-order valence-electron chi connectivity index (χ3n) is 7.04. The highest BCUT2D eigenvalue weighted by Crippen LogP contribution is 2.33. The van der Waals surface area contributed by atoms with Gasteiger partial charge in [-0.25, -0.2) is 9.97 Å². The van der Waals surface area contributed by atoms with E-state index in [-0.39, 0.29) is 11.6 Å². The highest BCUT2D eigenvalue weighted by molar-refractivity contribution is 6.09. The Morgan fingerprint density at radius 2 is 2.00 bits per heavy atom. The minimum atomic E-state index is -0.196. The Hall–Kier alpha value is -3.72. The van der Waals surface area contributed by atoms with Gasteiger partial charge in [0.2, 0.25) is 5.78 Å². The van der Waals surface area contributed by atoms with Crippen molar-refractivity contribution in [2.75, 3.05) is 30.3 Å². The van der Waals surface area contributed by atoms with Gasteiger partial charge in [-0.15, -0.1) is 0 Å². The molecule has 2 saturated heterocycles. The van der Waals surface area contributed by atoms with Crippen molar-refractivity contribution < 1.29 is 4.79 Å². The average molecular weight is 443 g/mol. The van der Waals surface area contributed by atoms with E-state index in [1.165, 1.54) is 0 Å². The molecule has 9 nitrogen and oxygen atoms in total. The average Bonchev–Trinajstić information content (AvgIpc) is 3.42. The summed E-state index contributed by atoms with van der Waals surface area (Å²) in [5.41, 5.74) is 12.3. The molecule has 0 saturated carbocycles. The van der Waals surface area contributed by atoms with E-state index in [9.17, 15) is 4.79 Å². The summed E-state index contributed by atoms with van der Waals surface area (Å²) in [6.45, 7) is 6.99. The third-order valence-corrected chi connectivity index (χ3v) is 7.04. The van der Waals surface area contributed by atoms with Gasteiger partial charge < -0.3 is 20.9 Å². The molecule has 2 atom stereocenters. The van der Waals surface area contributed by atoms with Gasteiger partial charge in [-0.2, -0.15) is 5.10 Å². The van der Waals surface area contributed by atoms with Crippen LogP contribution >= 0.6 is 0 Å². The minimum absolute atomic E-state index is 0.196.